The molecule has 0 radical (unpaired) electrons. The fourth-order valence-corrected chi connectivity index (χ4v) is 2.98. The second kappa shape index (κ2) is 5.77. The quantitative estimate of drug-likeness (QED) is 0.747. The number of rotatable bonds is 3. The molecule has 3 N–H and O–H groups in total. The van der Waals surface area contributed by atoms with Gasteiger partial charge < -0.3 is 15.1 Å². The molecule has 1 aromatic carbocycles. The number of amides is 4. The molecule has 25 heavy (non-hydrogen) atoms. The van der Waals surface area contributed by atoms with Crippen LogP contribution in [0.3, 0.4) is 0 Å². The summed E-state index contributed by atoms with van der Waals surface area (Å²) in [7, 11) is 0. The van der Waals surface area contributed by atoms with Gasteiger partial charge in [-0.25, -0.2) is 4.79 Å². The lowest BCUT2D eigenvalue weighted by atomic mass is 9.92. The van der Waals surface area contributed by atoms with Crippen LogP contribution in [0.4, 0.5) is 10.5 Å². The Bertz CT molecular complexity index is 900. The number of carbonyl (C=O) groups is 3. The number of urea groups is 1. The number of furan rings is 1. The van der Waals surface area contributed by atoms with Crippen molar-refractivity contribution in [2.24, 2.45) is 0 Å². The fourth-order valence-electron chi connectivity index (χ4n) is 2.98. The minimum Gasteiger partial charge on any atom is -0.466 e. The van der Waals surface area contributed by atoms with Crippen LogP contribution < -0.4 is 16.0 Å². The van der Waals surface area contributed by atoms with Crippen molar-refractivity contribution in [2.75, 3.05) is 5.32 Å². The summed E-state index contributed by atoms with van der Waals surface area (Å²) in [6, 6.07) is 6.28. The van der Waals surface area contributed by atoms with Crippen LogP contribution in [-0.4, -0.2) is 17.8 Å². The van der Waals surface area contributed by atoms with Gasteiger partial charge in [0.1, 0.15) is 17.1 Å². The third-order valence-corrected chi connectivity index (χ3v) is 4.53. The van der Waals surface area contributed by atoms with Gasteiger partial charge in [-0.15, -0.1) is 0 Å². The number of benzene rings is 1. The van der Waals surface area contributed by atoms with Crippen molar-refractivity contribution >= 4 is 23.5 Å². The molecule has 1 atom stereocenters. The number of carbonyl (C=O) groups excluding carboxylic acids is 3. The van der Waals surface area contributed by atoms with Gasteiger partial charge in [-0.1, -0.05) is 12.1 Å². The zero-order valence-corrected chi connectivity index (χ0v) is 14.4. The SMILES string of the molecule is Cc1oc(C)c(C(=O)Nc2cccc([C@@]3(C)NC(=O)NC3=O)c2)c1C. The summed E-state index contributed by atoms with van der Waals surface area (Å²) in [4.78, 5) is 36.1. The number of anilines is 1. The maximum atomic E-state index is 12.6. The zero-order valence-electron chi connectivity index (χ0n) is 14.4. The van der Waals surface area contributed by atoms with Gasteiger partial charge in [-0.3, -0.25) is 14.9 Å². The van der Waals surface area contributed by atoms with Crippen LogP contribution in [0.2, 0.25) is 0 Å². The van der Waals surface area contributed by atoms with Crippen molar-refractivity contribution in [3.63, 3.8) is 0 Å². The molecule has 130 valence electrons. The average Bonchev–Trinajstić information content (AvgIpc) is 2.95. The highest BCUT2D eigenvalue weighted by Gasteiger charge is 2.43. The Morgan fingerprint density at radius 3 is 2.44 bits per heavy atom. The van der Waals surface area contributed by atoms with Crippen LogP contribution in [0.1, 0.15) is 39.9 Å². The molecule has 0 aliphatic carbocycles. The third kappa shape index (κ3) is 2.77. The molecular formula is C18H19N3O4. The topological polar surface area (TPSA) is 100 Å². The minimum atomic E-state index is -1.17. The van der Waals surface area contributed by atoms with E-state index in [4.69, 9.17) is 4.42 Å². The van der Waals surface area contributed by atoms with Crippen molar-refractivity contribution in [1.29, 1.82) is 0 Å². The summed E-state index contributed by atoms with van der Waals surface area (Å²) >= 11 is 0. The van der Waals surface area contributed by atoms with Gasteiger partial charge in [0.25, 0.3) is 11.8 Å². The normalized spacial score (nSPS) is 19.5. The van der Waals surface area contributed by atoms with Crippen molar-refractivity contribution in [1.82, 2.24) is 10.6 Å². The smallest absolute Gasteiger partial charge is 0.322 e. The summed E-state index contributed by atoms with van der Waals surface area (Å²) in [6.07, 6.45) is 0. The zero-order chi connectivity index (χ0) is 18.4. The molecule has 1 aliphatic heterocycles. The second-order valence-electron chi connectivity index (χ2n) is 6.28. The van der Waals surface area contributed by atoms with E-state index in [1.807, 2.05) is 13.8 Å². The van der Waals surface area contributed by atoms with E-state index in [1.54, 1.807) is 38.1 Å². The predicted octanol–water partition coefficient (Wildman–Crippen LogP) is 2.51. The van der Waals surface area contributed by atoms with E-state index in [1.165, 1.54) is 0 Å². The summed E-state index contributed by atoms with van der Waals surface area (Å²) in [6.45, 7) is 6.99. The summed E-state index contributed by atoms with van der Waals surface area (Å²) in [5.74, 6) is 0.541. The lowest BCUT2D eigenvalue weighted by molar-refractivity contribution is -0.123. The molecule has 0 saturated carbocycles. The number of nitrogens with one attached hydrogen (secondary N) is 3. The lowest BCUT2D eigenvalue weighted by Crippen LogP contribution is -2.40. The molecule has 3 rings (SSSR count). The number of hydrogen-bond acceptors (Lipinski definition) is 4. The molecule has 1 aromatic heterocycles. The number of aryl methyl sites for hydroxylation is 2. The Hall–Kier alpha value is -3.09. The Kier molecular flexibility index (Phi) is 3.87. The Balaban J connectivity index is 1.89. The van der Waals surface area contributed by atoms with Crippen LogP contribution in [-0.2, 0) is 10.3 Å². The van der Waals surface area contributed by atoms with Gasteiger partial charge in [-0.05, 0) is 45.4 Å². The molecule has 2 heterocycles. The highest BCUT2D eigenvalue weighted by molar-refractivity contribution is 6.08. The fraction of sp³-hybridized carbons (Fsp3) is 0.278. The molecular weight excluding hydrogens is 322 g/mol. The van der Waals surface area contributed by atoms with Crippen LogP contribution in [0.15, 0.2) is 28.7 Å². The maximum absolute atomic E-state index is 12.6. The Morgan fingerprint density at radius 2 is 1.88 bits per heavy atom. The number of hydrogen-bond donors (Lipinski definition) is 3. The average molecular weight is 341 g/mol. The van der Waals surface area contributed by atoms with E-state index in [-0.39, 0.29) is 5.91 Å². The summed E-state index contributed by atoms with van der Waals surface area (Å²) in [5.41, 5.74) is 1.22. The van der Waals surface area contributed by atoms with Gasteiger partial charge in [0, 0.05) is 11.3 Å². The largest absolute Gasteiger partial charge is 0.466 e. The highest BCUT2D eigenvalue weighted by Crippen LogP contribution is 2.27. The minimum absolute atomic E-state index is 0.283. The van der Waals surface area contributed by atoms with E-state index in [2.05, 4.69) is 16.0 Å². The van der Waals surface area contributed by atoms with Crippen molar-refractivity contribution in [3.05, 3.63) is 52.5 Å². The van der Waals surface area contributed by atoms with Gasteiger partial charge in [0.15, 0.2) is 0 Å². The Morgan fingerprint density at radius 1 is 1.16 bits per heavy atom. The molecule has 7 heteroatoms. The molecule has 7 nitrogen and oxygen atoms in total. The Labute approximate surface area is 144 Å². The van der Waals surface area contributed by atoms with Gasteiger partial charge in [-0.2, -0.15) is 0 Å². The second-order valence-corrected chi connectivity index (χ2v) is 6.28. The van der Waals surface area contributed by atoms with E-state index in [9.17, 15) is 14.4 Å². The van der Waals surface area contributed by atoms with Gasteiger partial charge in [0.05, 0.1) is 5.56 Å². The van der Waals surface area contributed by atoms with E-state index >= 15 is 0 Å². The summed E-state index contributed by atoms with van der Waals surface area (Å²) in [5, 5.41) is 7.64. The van der Waals surface area contributed by atoms with E-state index in [0.717, 1.165) is 5.56 Å². The van der Waals surface area contributed by atoms with Gasteiger partial charge >= 0.3 is 6.03 Å². The van der Waals surface area contributed by atoms with Crippen LogP contribution >= 0.6 is 0 Å². The van der Waals surface area contributed by atoms with Crippen LogP contribution in [0.25, 0.3) is 0 Å². The van der Waals surface area contributed by atoms with Gasteiger partial charge in [0.2, 0.25) is 0 Å². The molecule has 0 spiro atoms. The lowest BCUT2D eigenvalue weighted by Gasteiger charge is -2.21. The third-order valence-electron chi connectivity index (χ3n) is 4.53. The first-order valence-electron chi connectivity index (χ1n) is 7.84. The van der Waals surface area contributed by atoms with Crippen LogP contribution in [0.5, 0.6) is 0 Å². The van der Waals surface area contributed by atoms with E-state index < -0.39 is 17.5 Å². The molecule has 0 bridgehead atoms. The first kappa shape index (κ1) is 16.8. The first-order chi connectivity index (χ1) is 11.7. The molecule has 1 aliphatic rings. The van der Waals surface area contributed by atoms with Crippen molar-refractivity contribution < 1.29 is 18.8 Å². The molecule has 2 aromatic rings. The summed E-state index contributed by atoms with van der Waals surface area (Å²) < 4.78 is 5.49. The van der Waals surface area contributed by atoms with Crippen molar-refractivity contribution in [2.45, 2.75) is 33.2 Å². The predicted molar refractivity (Wildman–Crippen MR) is 91.3 cm³/mol. The standard InChI is InChI=1S/C18H19N3O4/c1-9-10(2)25-11(3)14(9)15(22)19-13-7-5-6-12(8-13)18(4)16(23)20-17(24)21-18/h5-8H,1-4H3,(H,19,22)(H2,20,21,23,24)/t18-/m1/s1. The first-order valence-corrected chi connectivity index (χ1v) is 7.84. The highest BCUT2D eigenvalue weighted by atomic mass is 16.3. The molecule has 0 unspecified atom stereocenters. The number of imide groups is 1. The molecule has 4 amide bonds. The van der Waals surface area contributed by atoms with E-state index in [0.29, 0.717) is 28.3 Å². The molecule has 1 saturated heterocycles. The molecule has 1 fully saturated rings. The van der Waals surface area contributed by atoms with Crippen molar-refractivity contribution in [3.8, 4) is 0 Å². The van der Waals surface area contributed by atoms with Crippen LogP contribution in [0, 0.1) is 20.8 Å². The maximum Gasteiger partial charge on any atom is 0.322 e. The monoisotopic (exact) mass is 341 g/mol.